The molecule has 1 fully saturated rings. The second-order valence-electron chi connectivity index (χ2n) is 13.8. The Bertz CT molecular complexity index is 636. The van der Waals surface area contributed by atoms with E-state index in [0.717, 1.165) is 51.4 Å². The summed E-state index contributed by atoms with van der Waals surface area (Å²) in [5, 5.41) is 10.0. The first-order valence-corrected chi connectivity index (χ1v) is 19.8. The molecule has 5 nitrogen and oxygen atoms in total. The molecule has 35 heavy (non-hydrogen) atoms. The van der Waals surface area contributed by atoms with Gasteiger partial charge in [0, 0.05) is 13.0 Å². The summed E-state index contributed by atoms with van der Waals surface area (Å²) in [6.45, 7) is 23.6. The molecule has 1 rings (SSSR count). The van der Waals surface area contributed by atoms with Crippen LogP contribution in [0.4, 0.5) is 0 Å². The van der Waals surface area contributed by atoms with Gasteiger partial charge in [-0.1, -0.05) is 60.8 Å². The third-order valence-electron chi connectivity index (χ3n) is 9.07. The van der Waals surface area contributed by atoms with Gasteiger partial charge in [-0.25, -0.2) is 0 Å². The summed E-state index contributed by atoms with van der Waals surface area (Å²) in [5.74, 6) is 0.783. The van der Waals surface area contributed by atoms with Crippen LogP contribution in [-0.4, -0.2) is 53.6 Å². The van der Waals surface area contributed by atoms with E-state index < -0.39 is 16.6 Å². The average molecular weight is 531 g/mol. The molecule has 0 aromatic rings. The molecule has 1 aliphatic carbocycles. The van der Waals surface area contributed by atoms with Gasteiger partial charge in [-0.2, -0.15) is 0 Å². The molecule has 1 N–H and O–H groups in total. The predicted octanol–water partition coefficient (Wildman–Crippen LogP) is 7.69. The minimum Gasteiger partial charge on any atom is -0.469 e. The Balaban J connectivity index is 3.05. The van der Waals surface area contributed by atoms with E-state index in [1.165, 1.54) is 7.11 Å². The molecule has 208 valence electrons. The Morgan fingerprint density at radius 3 is 1.60 bits per heavy atom. The molecule has 0 spiro atoms. The fraction of sp³-hybridized carbons (Fsp3) is 0.964. The Morgan fingerprint density at radius 1 is 0.771 bits per heavy atom. The highest BCUT2D eigenvalue weighted by molar-refractivity contribution is 6.74. The summed E-state index contributed by atoms with van der Waals surface area (Å²) >= 11 is 0. The van der Waals surface area contributed by atoms with Gasteiger partial charge in [0.25, 0.3) is 0 Å². The molecule has 0 bridgehead atoms. The van der Waals surface area contributed by atoms with Gasteiger partial charge in [0.2, 0.25) is 0 Å². The van der Waals surface area contributed by atoms with Gasteiger partial charge in [-0.3, -0.25) is 4.79 Å². The minimum absolute atomic E-state index is 0.113. The van der Waals surface area contributed by atoms with Crippen LogP contribution in [0.3, 0.4) is 0 Å². The third kappa shape index (κ3) is 9.88. The highest BCUT2D eigenvalue weighted by atomic mass is 28.4. The van der Waals surface area contributed by atoms with E-state index in [1.807, 2.05) is 0 Å². The zero-order valence-corrected chi connectivity index (χ0v) is 27.0. The predicted molar refractivity (Wildman–Crippen MR) is 152 cm³/mol. The van der Waals surface area contributed by atoms with Crippen molar-refractivity contribution in [3.63, 3.8) is 0 Å². The molecule has 0 aromatic heterocycles. The minimum atomic E-state index is -1.92. The molecule has 0 heterocycles. The van der Waals surface area contributed by atoms with Crippen molar-refractivity contribution in [1.29, 1.82) is 0 Å². The van der Waals surface area contributed by atoms with Gasteiger partial charge in [-0.05, 0) is 80.2 Å². The number of carbonyl (C=O) groups excluding carboxylic acids is 1. The summed E-state index contributed by atoms with van der Waals surface area (Å²) in [5.41, 5.74) is 0. The van der Waals surface area contributed by atoms with E-state index in [1.54, 1.807) is 0 Å². The molecule has 0 amide bonds. The lowest BCUT2D eigenvalue weighted by atomic mass is 9.85. The van der Waals surface area contributed by atoms with Crippen LogP contribution in [0.2, 0.25) is 36.3 Å². The molecule has 0 aromatic carbocycles. The number of esters is 1. The number of aliphatic hydroxyl groups excluding tert-OH is 1. The number of carbonyl (C=O) groups is 1. The summed E-state index contributed by atoms with van der Waals surface area (Å²) in [4.78, 5) is 11.4. The Labute approximate surface area is 219 Å². The lowest BCUT2D eigenvalue weighted by Gasteiger charge is -2.40. The Hall–Kier alpha value is -0.216. The SMILES string of the molecule is COC(=O)CCCCCCC1C(O[Si](C)(C)C(C)(C)C)CC(O[Si](C)(C)C(C)(C)C)C1CCCO. The zero-order chi connectivity index (χ0) is 27.1. The molecular formula is C28H58O5Si2. The first kappa shape index (κ1) is 32.8. The first-order chi connectivity index (χ1) is 16.0. The number of hydrogen-bond acceptors (Lipinski definition) is 5. The van der Waals surface area contributed by atoms with E-state index in [0.29, 0.717) is 18.3 Å². The largest absolute Gasteiger partial charge is 0.469 e. The maximum absolute atomic E-state index is 11.4. The number of hydrogen-bond donors (Lipinski definition) is 1. The summed E-state index contributed by atoms with van der Waals surface area (Å²) < 4.78 is 18.9. The van der Waals surface area contributed by atoms with Crippen LogP contribution < -0.4 is 0 Å². The monoisotopic (exact) mass is 530 g/mol. The second kappa shape index (κ2) is 13.5. The highest BCUT2D eigenvalue weighted by Crippen LogP contribution is 2.48. The molecule has 4 unspecified atom stereocenters. The van der Waals surface area contributed by atoms with E-state index in [9.17, 15) is 9.90 Å². The molecule has 0 saturated heterocycles. The summed E-state index contributed by atoms with van der Waals surface area (Å²) in [6, 6.07) is 0. The molecular weight excluding hydrogens is 472 g/mol. The summed E-state index contributed by atoms with van der Waals surface area (Å²) in [7, 11) is -2.38. The van der Waals surface area contributed by atoms with Crippen molar-refractivity contribution < 1.29 is 23.5 Å². The van der Waals surface area contributed by atoms with Crippen molar-refractivity contribution in [2.75, 3.05) is 13.7 Å². The highest BCUT2D eigenvalue weighted by Gasteiger charge is 2.50. The fourth-order valence-corrected chi connectivity index (χ4v) is 7.51. The molecule has 7 heteroatoms. The van der Waals surface area contributed by atoms with Gasteiger partial charge >= 0.3 is 5.97 Å². The van der Waals surface area contributed by atoms with E-state index in [4.69, 9.17) is 13.6 Å². The van der Waals surface area contributed by atoms with Gasteiger partial charge in [0.1, 0.15) is 0 Å². The number of unbranched alkanes of at least 4 members (excludes halogenated alkanes) is 3. The van der Waals surface area contributed by atoms with Crippen LogP contribution in [-0.2, 0) is 18.4 Å². The van der Waals surface area contributed by atoms with Crippen molar-refractivity contribution in [3.05, 3.63) is 0 Å². The first-order valence-electron chi connectivity index (χ1n) is 14.0. The van der Waals surface area contributed by atoms with E-state index >= 15 is 0 Å². The smallest absolute Gasteiger partial charge is 0.305 e. The molecule has 1 aliphatic rings. The van der Waals surface area contributed by atoms with Gasteiger partial charge in [0.05, 0.1) is 19.3 Å². The van der Waals surface area contributed by atoms with Crippen molar-refractivity contribution >= 4 is 22.6 Å². The lowest BCUT2D eigenvalue weighted by molar-refractivity contribution is -0.140. The van der Waals surface area contributed by atoms with Gasteiger partial charge < -0.3 is 18.7 Å². The van der Waals surface area contributed by atoms with Crippen molar-refractivity contribution in [3.8, 4) is 0 Å². The van der Waals surface area contributed by atoms with E-state index in [-0.39, 0.29) is 34.9 Å². The fourth-order valence-electron chi connectivity index (χ4n) is 4.74. The van der Waals surface area contributed by atoms with Crippen molar-refractivity contribution in [2.45, 2.75) is 148 Å². The Kier molecular flexibility index (Phi) is 12.7. The van der Waals surface area contributed by atoms with Crippen LogP contribution in [0.15, 0.2) is 0 Å². The van der Waals surface area contributed by atoms with Gasteiger partial charge in [-0.15, -0.1) is 0 Å². The van der Waals surface area contributed by atoms with Crippen molar-refractivity contribution in [1.82, 2.24) is 0 Å². The van der Waals surface area contributed by atoms with Crippen LogP contribution >= 0.6 is 0 Å². The van der Waals surface area contributed by atoms with Gasteiger partial charge in [0.15, 0.2) is 16.6 Å². The Morgan fingerprint density at radius 2 is 1.20 bits per heavy atom. The third-order valence-corrected chi connectivity index (χ3v) is 18.1. The number of ether oxygens (including phenoxy) is 1. The maximum Gasteiger partial charge on any atom is 0.305 e. The molecule has 0 radical (unpaired) electrons. The van der Waals surface area contributed by atoms with E-state index in [2.05, 4.69) is 67.7 Å². The average Bonchev–Trinajstić information content (AvgIpc) is 3.01. The standard InChI is InChI=1S/C28H58O5Si2/c1-27(2,3)34(8,9)32-24-21-25(33-35(10,11)28(4,5)6)23(18-16-20-29)22(24)17-14-12-13-15-19-26(30)31-7/h22-25,29H,12-21H2,1-11H3. The normalized spacial score (nSPS) is 24.1. The molecule has 0 aliphatic heterocycles. The molecule has 4 atom stereocenters. The maximum atomic E-state index is 11.4. The second-order valence-corrected chi connectivity index (χ2v) is 23.3. The van der Waals surface area contributed by atoms with Crippen molar-refractivity contribution in [2.24, 2.45) is 11.8 Å². The number of rotatable bonds is 14. The number of methoxy groups -OCH3 is 1. The summed E-state index contributed by atoms with van der Waals surface area (Å²) in [6.07, 6.45) is 9.10. The van der Waals surface area contributed by atoms with Crippen LogP contribution in [0.5, 0.6) is 0 Å². The quantitative estimate of drug-likeness (QED) is 0.142. The number of aliphatic hydroxyl groups is 1. The zero-order valence-electron chi connectivity index (χ0n) is 25.0. The lowest BCUT2D eigenvalue weighted by Crippen LogP contribution is -2.45. The topological polar surface area (TPSA) is 65.0 Å². The van der Waals surface area contributed by atoms with Crippen LogP contribution in [0.1, 0.15) is 99.3 Å². The van der Waals surface area contributed by atoms with Crippen LogP contribution in [0, 0.1) is 11.8 Å². The van der Waals surface area contributed by atoms with Crippen LogP contribution in [0.25, 0.3) is 0 Å². The molecule has 1 saturated carbocycles.